The Morgan fingerprint density at radius 2 is 1.86 bits per heavy atom. The van der Waals surface area contributed by atoms with Crippen molar-refractivity contribution in [2.75, 3.05) is 44.2 Å². The van der Waals surface area contributed by atoms with Crippen molar-refractivity contribution in [3.05, 3.63) is 48.3 Å². The molecule has 0 radical (unpaired) electrons. The third-order valence-electron chi connectivity index (χ3n) is 4.58. The Morgan fingerprint density at radius 3 is 2.55 bits per heavy atom. The molecule has 0 spiro atoms. The van der Waals surface area contributed by atoms with Crippen LogP contribution >= 0.6 is 24.0 Å². The maximum Gasteiger partial charge on any atom is 0.218 e. The summed E-state index contributed by atoms with van der Waals surface area (Å²) < 4.78 is 5.76. The maximum atomic E-state index is 5.76. The van der Waals surface area contributed by atoms with E-state index in [4.69, 9.17) is 9.73 Å². The highest BCUT2D eigenvalue weighted by Crippen LogP contribution is 2.17. The molecular formula is C21H31IN6O. The lowest BCUT2D eigenvalue weighted by atomic mass is 10.2. The Labute approximate surface area is 190 Å². The predicted octanol–water partition coefficient (Wildman–Crippen LogP) is 3.17. The monoisotopic (exact) mass is 510 g/mol. The van der Waals surface area contributed by atoms with E-state index in [0.29, 0.717) is 19.0 Å². The van der Waals surface area contributed by atoms with Crippen molar-refractivity contribution >= 4 is 35.8 Å². The summed E-state index contributed by atoms with van der Waals surface area (Å²) in [5.41, 5.74) is 1.01. The van der Waals surface area contributed by atoms with E-state index in [9.17, 15) is 0 Å². The molecule has 0 aromatic carbocycles. The van der Waals surface area contributed by atoms with Crippen LogP contribution in [-0.2, 0) is 6.54 Å². The Balaban J connectivity index is 0.00000300. The van der Waals surface area contributed by atoms with Crippen molar-refractivity contribution in [3.8, 4) is 5.88 Å². The molecule has 1 N–H and O–H groups in total. The Hall–Kier alpha value is -2.10. The van der Waals surface area contributed by atoms with Gasteiger partial charge < -0.3 is 19.9 Å². The first kappa shape index (κ1) is 23.2. The molecule has 3 heterocycles. The molecule has 7 nitrogen and oxygen atoms in total. The molecule has 158 valence electrons. The molecule has 8 heteroatoms. The normalized spacial score (nSPS) is 14.3. The molecule has 0 unspecified atom stereocenters. The van der Waals surface area contributed by atoms with E-state index in [1.54, 1.807) is 6.20 Å². The van der Waals surface area contributed by atoms with Gasteiger partial charge in [-0.1, -0.05) is 19.1 Å². The van der Waals surface area contributed by atoms with Crippen LogP contribution in [0.5, 0.6) is 5.88 Å². The van der Waals surface area contributed by atoms with Crippen LogP contribution in [0.15, 0.2) is 47.7 Å². The fourth-order valence-electron chi connectivity index (χ4n) is 3.15. The highest BCUT2D eigenvalue weighted by Gasteiger charge is 2.20. The molecule has 3 rings (SSSR count). The second kappa shape index (κ2) is 12.5. The van der Waals surface area contributed by atoms with Gasteiger partial charge in [0.15, 0.2) is 5.96 Å². The molecule has 1 aliphatic rings. The molecule has 0 atom stereocenters. The number of nitrogens with zero attached hydrogens (tertiary/aromatic N) is 5. The maximum absolute atomic E-state index is 5.76. The van der Waals surface area contributed by atoms with E-state index in [1.165, 1.54) is 0 Å². The molecule has 1 aliphatic heterocycles. The molecule has 0 aliphatic carbocycles. The number of hydrogen-bond donors (Lipinski definition) is 1. The van der Waals surface area contributed by atoms with E-state index in [-0.39, 0.29) is 24.0 Å². The first-order valence-corrected chi connectivity index (χ1v) is 10.1. The van der Waals surface area contributed by atoms with Gasteiger partial charge in [0.25, 0.3) is 0 Å². The molecule has 2 aromatic heterocycles. The largest absolute Gasteiger partial charge is 0.477 e. The summed E-state index contributed by atoms with van der Waals surface area (Å²) in [5, 5.41) is 3.42. The molecule has 0 bridgehead atoms. The lowest BCUT2D eigenvalue weighted by molar-refractivity contribution is 0.302. The van der Waals surface area contributed by atoms with E-state index in [1.807, 2.05) is 30.5 Å². The fourth-order valence-corrected chi connectivity index (χ4v) is 3.15. The van der Waals surface area contributed by atoms with Gasteiger partial charge in [-0.25, -0.2) is 15.0 Å². The van der Waals surface area contributed by atoms with E-state index < -0.39 is 0 Å². The van der Waals surface area contributed by atoms with Crippen LogP contribution in [0.3, 0.4) is 0 Å². The van der Waals surface area contributed by atoms with E-state index in [0.717, 1.165) is 56.5 Å². The number of guanidine groups is 1. The van der Waals surface area contributed by atoms with E-state index >= 15 is 0 Å². The molecule has 29 heavy (non-hydrogen) atoms. The first-order chi connectivity index (χ1) is 13.8. The standard InChI is InChI=1S/C21H30N6O.HI/c1-3-16-28-20-18(8-7-11-24-20)17-25-21(22-4-2)27-14-12-26(13-15-27)19-9-5-6-10-23-19;/h5-11H,3-4,12-17H2,1-2H3,(H,22,25);1H. The first-order valence-electron chi connectivity index (χ1n) is 10.1. The number of aromatic nitrogens is 2. The Kier molecular flexibility index (Phi) is 9.96. The second-order valence-corrected chi connectivity index (χ2v) is 6.65. The van der Waals surface area contributed by atoms with Crippen molar-refractivity contribution in [1.82, 2.24) is 20.2 Å². The van der Waals surface area contributed by atoms with Gasteiger partial charge in [0.1, 0.15) is 5.82 Å². The number of halogens is 1. The van der Waals surface area contributed by atoms with Crippen LogP contribution < -0.4 is 15.0 Å². The lowest BCUT2D eigenvalue weighted by Gasteiger charge is -2.37. The molecular weight excluding hydrogens is 479 g/mol. The summed E-state index contributed by atoms with van der Waals surface area (Å²) in [6.45, 7) is 9.93. The number of aliphatic imine (C=N–C) groups is 1. The molecule has 0 saturated carbocycles. The minimum atomic E-state index is 0. The van der Waals surface area contributed by atoms with Crippen LogP contribution in [0.2, 0.25) is 0 Å². The summed E-state index contributed by atoms with van der Waals surface area (Å²) >= 11 is 0. The van der Waals surface area contributed by atoms with Gasteiger partial charge in [-0.2, -0.15) is 0 Å². The van der Waals surface area contributed by atoms with Crippen molar-refractivity contribution in [2.24, 2.45) is 4.99 Å². The van der Waals surface area contributed by atoms with Crippen LogP contribution in [0.25, 0.3) is 0 Å². The number of nitrogens with one attached hydrogen (secondary N) is 1. The number of hydrogen-bond acceptors (Lipinski definition) is 5. The second-order valence-electron chi connectivity index (χ2n) is 6.65. The Morgan fingerprint density at radius 1 is 1.07 bits per heavy atom. The molecule has 0 amide bonds. The van der Waals surface area contributed by atoms with Crippen LogP contribution in [0.4, 0.5) is 5.82 Å². The third-order valence-corrected chi connectivity index (χ3v) is 4.58. The van der Waals surface area contributed by atoms with Crippen LogP contribution in [0.1, 0.15) is 25.8 Å². The zero-order valence-corrected chi connectivity index (χ0v) is 19.6. The Bertz CT molecular complexity index is 750. The average molecular weight is 510 g/mol. The van der Waals surface area contributed by atoms with Gasteiger partial charge in [-0.05, 0) is 31.5 Å². The van der Waals surface area contributed by atoms with Gasteiger partial charge >= 0.3 is 0 Å². The zero-order valence-electron chi connectivity index (χ0n) is 17.3. The number of anilines is 1. The quantitative estimate of drug-likeness (QED) is 0.351. The number of pyridine rings is 2. The van der Waals surface area contributed by atoms with Gasteiger partial charge in [0, 0.05) is 50.7 Å². The van der Waals surface area contributed by atoms with Crippen LogP contribution in [0, 0.1) is 0 Å². The van der Waals surface area contributed by atoms with E-state index in [2.05, 4.69) is 45.0 Å². The van der Waals surface area contributed by atoms with Crippen molar-refractivity contribution in [3.63, 3.8) is 0 Å². The molecule has 1 saturated heterocycles. The van der Waals surface area contributed by atoms with Gasteiger partial charge in [0.05, 0.1) is 13.2 Å². The minimum Gasteiger partial charge on any atom is -0.477 e. The average Bonchev–Trinajstić information content (AvgIpc) is 2.76. The number of piperazine rings is 1. The lowest BCUT2D eigenvalue weighted by Crippen LogP contribution is -2.52. The predicted molar refractivity (Wildman–Crippen MR) is 128 cm³/mol. The van der Waals surface area contributed by atoms with Crippen LogP contribution in [-0.4, -0.2) is 60.2 Å². The van der Waals surface area contributed by atoms with Crippen molar-refractivity contribution in [2.45, 2.75) is 26.8 Å². The smallest absolute Gasteiger partial charge is 0.218 e. The van der Waals surface area contributed by atoms with Gasteiger partial charge in [0.2, 0.25) is 5.88 Å². The SMILES string of the molecule is CCCOc1ncccc1CN=C(NCC)N1CCN(c2ccccn2)CC1.I. The van der Waals surface area contributed by atoms with Crippen molar-refractivity contribution in [1.29, 1.82) is 0 Å². The third kappa shape index (κ3) is 6.73. The summed E-state index contributed by atoms with van der Waals surface area (Å²) in [6, 6.07) is 10.0. The highest BCUT2D eigenvalue weighted by molar-refractivity contribution is 14.0. The summed E-state index contributed by atoms with van der Waals surface area (Å²) in [5.74, 6) is 2.66. The minimum absolute atomic E-state index is 0. The zero-order chi connectivity index (χ0) is 19.6. The molecule has 2 aromatic rings. The van der Waals surface area contributed by atoms with Gasteiger partial charge in [-0.3, -0.25) is 0 Å². The topological polar surface area (TPSA) is 65.9 Å². The summed E-state index contributed by atoms with van der Waals surface area (Å²) in [4.78, 5) is 18.3. The van der Waals surface area contributed by atoms with Crippen molar-refractivity contribution < 1.29 is 4.74 Å². The molecule has 1 fully saturated rings. The summed E-state index contributed by atoms with van der Waals surface area (Å²) in [7, 11) is 0. The number of ether oxygens (including phenoxy) is 1. The highest BCUT2D eigenvalue weighted by atomic mass is 127. The summed E-state index contributed by atoms with van der Waals surface area (Å²) in [6.07, 6.45) is 4.57. The van der Waals surface area contributed by atoms with Gasteiger partial charge in [-0.15, -0.1) is 24.0 Å². The number of rotatable bonds is 7. The fraction of sp³-hybridized carbons (Fsp3) is 0.476.